The van der Waals surface area contributed by atoms with Crippen LogP contribution in [0.25, 0.3) is 0 Å². The van der Waals surface area contributed by atoms with Crippen LogP contribution >= 0.6 is 0 Å². The molecule has 11 heteroatoms. The van der Waals surface area contributed by atoms with Crippen LogP contribution in [0.1, 0.15) is 303 Å². The molecule has 476 valence electrons. The first-order chi connectivity index (χ1) is 40.2. The molecule has 1 aliphatic rings. The number of hydrogen-bond acceptors (Lipinski definition) is 10. The summed E-state index contributed by atoms with van der Waals surface area (Å²) < 4.78 is 17.7. The van der Waals surface area contributed by atoms with E-state index in [1.54, 1.807) is 6.08 Å². The zero-order chi connectivity index (χ0) is 59.6. The van der Waals surface area contributed by atoms with Gasteiger partial charge in [-0.05, 0) is 70.6 Å². The van der Waals surface area contributed by atoms with Gasteiger partial charge in [-0.2, -0.15) is 0 Å². The average molecular weight is 1150 g/mol. The zero-order valence-electron chi connectivity index (χ0n) is 52.9. The van der Waals surface area contributed by atoms with Gasteiger partial charge in [-0.3, -0.25) is 9.59 Å². The minimum atomic E-state index is -1.62. The van der Waals surface area contributed by atoms with Crippen molar-refractivity contribution in [2.45, 2.75) is 352 Å². The lowest BCUT2D eigenvalue weighted by molar-refractivity contribution is -0.305. The van der Waals surface area contributed by atoms with E-state index >= 15 is 0 Å². The number of esters is 1. The van der Waals surface area contributed by atoms with Gasteiger partial charge in [-0.15, -0.1) is 0 Å². The summed E-state index contributed by atoms with van der Waals surface area (Å²) in [5.74, 6) is -1.21. The summed E-state index contributed by atoms with van der Waals surface area (Å²) >= 11 is 0. The quantitative estimate of drug-likeness (QED) is 0.0195. The highest BCUT2D eigenvalue weighted by atomic mass is 16.7. The summed E-state index contributed by atoms with van der Waals surface area (Å²) in [5, 5.41) is 57.1. The van der Waals surface area contributed by atoms with Crippen molar-refractivity contribution in [3.8, 4) is 0 Å². The Hall–Kier alpha value is -2.90. The van der Waals surface area contributed by atoms with E-state index in [9.17, 15) is 35.1 Å². The SMILES string of the molecule is CC/C=C\C/C=C\C/C=C\C/C=C\C/C=C\CCCCCCC(O)C(=O)NC(COC1OC(CO)C(O)C(O)C1OC(=O)CCCCCCCCCCCCCCCCCCCCCCC)C(O)/C=C/CCCCCCCCCCCC. The first-order valence-electron chi connectivity index (χ1n) is 34.2. The van der Waals surface area contributed by atoms with Crippen LogP contribution in [0.4, 0.5) is 0 Å². The van der Waals surface area contributed by atoms with Gasteiger partial charge in [0, 0.05) is 6.42 Å². The highest BCUT2D eigenvalue weighted by Crippen LogP contribution is 2.26. The van der Waals surface area contributed by atoms with Gasteiger partial charge < -0.3 is 45.1 Å². The molecule has 1 amide bonds. The first kappa shape index (κ1) is 77.1. The van der Waals surface area contributed by atoms with Gasteiger partial charge in [0.05, 0.1) is 25.4 Å². The molecule has 0 aromatic rings. The summed E-state index contributed by atoms with van der Waals surface area (Å²) in [6, 6.07) is -1.04. The van der Waals surface area contributed by atoms with E-state index in [0.29, 0.717) is 12.8 Å². The Morgan fingerprint density at radius 3 is 1.32 bits per heavy atom. The molecule has 8 atom stereocenters. The average Bonchev–Trinajstić information content (AvgIpc) is 3.66. The second kappa shape index (κ2) is 58.5. The summed E-state index contributed by atoms with van der Waals surface area (Å²) in [5.41, 5.74) is 0. The van der Waals surface area contributed by atoms with E-state index in [4.69, 9.17) is 14.2 Å². The van der Waals surface area contributed by atoms with Crippen molar-refractivity contribution in [1.29, 1.82) is 0 Å². The lowest BCUT2D eigenvalue weighted by Crippen LogP contribution is -2.61. The summed E-state index contributed by atoms with van der Waals surface area (Å²) in [7, 11) is 0. The first-order valence-corrected chi connectivity index (χ1v) is 34.2. The van der Waals surface area contributed by atoms with Crippen molar-refractivity contribution in [2.24, 2.45) is 0 Å². The van der Waals surface area contributed by atoms with Gasteiger partial charge in [0.2, 0.25) is 5.91 Å². The number of hydrogen-bond donors (Lipinski definition) is 6. The number of carbonyl (C=O) groups is 2. The standard InChI is InChI=1S/C71H127NO10/c1-4-7-10-13-16-19-22-25-27-29-31-33-35-37-39-41-44-47-50-53-56-59-66(76)82-69-68(78)67(77)65(60-73)81-71(69)80-61-62(63(74)57-54-51-48-45-42-24-21-18-15-12-9-6-3)72-70(79)64(75)58-55-52-49-46-43-40-38-36-34-32-30-28-26-23-20-17-14-11-8-5-2/h8,11,17,20,26,28,32,34,38,40,54,57,62-65,67-69,71,73-75,77-78H,4-7,9-10,12-16,18-19,21-25,27,29-31,33,35-37,39,41-53,55-56,58-61H2,1-3H3,(H,72,79)/b11-8-,20-17-,28-26-,34-32-,40-38-,57-54+. The number of aliphatic hydroxyl groups excluding tert-OH is 5. The van der Waals surface area contributed by atoms with Crippen LogP contribution in [0.15, 0.2) is 72.9 Å². The molecular weight excluding hydrogens is 1030 g/mol. The fourth-order valence-corrected chi connectivity index (χ4v) is 10.5. The molecule has 1 aliphatic heterocycles. The molecule has 0 bridgehead atoms. The molecule has 1 saturated heterocycles. The number of ether oxygens (including phenoxy) is 3. The number of nitrogens with one attached hydrogen (secondary N) is 1. The Morgan fingerprint density at radius 2 is 0.878 bits per heavy atom. The topological polar surface area (TPSA) is 175 Å². The van der Waals surface area contributed by atoms with E-state index in [2.05, 4.69) is 86.8 Å². The van der Waals surface area contributed by atoms with E-state index in [0.717, 1.165) is 96.3 Å². The maximum Gasteiger partial charge on any atom is 0.306 e. The number of amides is 1. The predicted octanol–water partition coefficient (Wildman–Crippen LogP) is 17.1. The lowest BCUT2D eigenvalue weighted by atomic mass is 9.99. The Balaban J connectivity index is 2.62. The molecule has 6 N–H and O–H groups in total. The van der Waals surface area contributed by atoms with Crippen LogP contribution in [0.3, 0.4) is 0 Å². The fraction of sp³-hybridized carbons (Fsp3) is 0.803. The Morgan fingerprint density at radius 1 is 0.488 bits per heavy atom. The Kier molecular flexibility index (Phi) is 55.0. The molecule has 82 heavy (non-hydrogen) atoms. The summed E-state index contributed by atoms with van der Waals surface area (Å²) in [6.07, 6.45) is 65.1. The molecule has 0 aromatic carbocycles. The van der Waals surface area contributed by atoms with Crippen LogP contribution in [-0.4, -0.2) is 99.6 Å². The van der Waals surface area contributed by atoms with Crippen molar-refractivity contribution in [3.63, 3.8) is 0 Å². The van der Waals surface area contributed by atoms with Gasteiger partial charge in [0.15, 0.2) is 12.4 Å². The number of allylic oxidation sites excluding steroid dienone is 11. The third kappa shape index (κ3) is 45.5. The van der Waals surface area contributed by atoms with Crippen molar-refractivity contribution >= 4 is 11.9 Å². The molecule has 0 aromatic heterocycles. The van der Waals surface area contributed by atoms with E-state index < -0.39 is 67.4 Å². The highest BCUT2D eigenvalue weighted by molar-refractivity contribution is 5.80. The predicted molar refractivity (Wildman–Crippen MR) is 343 cm³/mol. The lowest BCUT2D eigenvalue weighted by Gasteiger charge is -2.41. The molecular formula is C71H127NO10. The molecule has 8 unspecified atom stereocenters. The minimum absolute atomic E-state index is 0.123. The number of rotatable bonds is 58. The van der Waals surface area contributed by atoms with Crippen LogP contribution in [-0.2, 0) is 23.8 Å². The van der Waals surface area contributed by atoms with Crippen LogP contribution < -0.4 is 5.32 Å². The molecule has 0 radical (unpaired) electrons. The third-order valence-electron chi connectivity index (χ3n) is 15.9. The van der Waals surface area contributed by atoms with Crippen molar-refractivity contribution in [2.75, 3.05) is 13.2 Å². The van der Waals surface area contributed by atoms with Crippen LogP contribution in [0.2, 0.25) is 0 Å². The van der Waals surface area contributed by atoms with E-state index in [-0.39, 0.29) is 19.4 Å². The van der Waals surface area contributed by atoms with Gasteiger partial charge in [-0.1, -0.05) is 299 Å². The largest absolute Gasteiger partial charge is 0.454 e. The summed E-state index contributed by atoms with van der Waals surface area (Å²) in [6.45, 7) is 5.69. The monoisotopic (exact) mass is 1150 g/mol. The molecule has 0 spiro atoms. The number of aliphatic hydroxyl groups is 5. The second-order valence-electron chi connectivity index (χ2n) is 23.5. The molecule has 0 aliphatic carbocycles. The summed E-state index contributed by atoms with van der Waals surface area (Å²) in [4.78, 5) is 26.6. The Bertz CT molecular complexity index is 1610. The number of carbonyl (C=O) groups excluding carboxylic acids is 2. The second-order valence-corrected chi connectivity index (χ2v) is 23.5. The molecule has 1 fully saturated rings. The van der Waals surface area contributed by atoms with Gasteiger partial charge in [0.1, 0.15) is 24.4 Å². The minimum Gasteiger partial charge on any atom is -0.454 e. The Labute approximate surface area is 502 Å². The molecule has 1 heterocycles. The maximum atomic E-state index is 13.5. The maximum absolute atomic E-state index is 13.5. The molecule has 1 rings (SSSR count). The van der Waals surface area contributed by atoms with Gasteiger partial charge in [0.25, 0.3) is 0 Å². The fourth-order valence-electron chi connectivity index (χ4n) is 10.5. The van der Waals surface area contributed by atoms with Crippen molar-refractivity contribution in [3.05, 3.63) is 72.9 Å². The number of unbranched alkanes of at least 4 members (excludes halogenated alkanes) is 34. The van der Waals surface area contributed by atoms with Crippen molar-refractivity contribution in [1.82, 2.24) is 5.32 Å². The van der Waals surface area contributed by atoms with Crippen molar-refractivity contribution < 1.29 is 49.3 Å². The highest BCUT2D eigenvalue weighted by Gasteiger charge is 2.47. The molecule has 11 nitrogen and oxygen atoms in total. The normalized spacial score (nSPS) is 19.0. The zero-order valence-corrected chi connectivity index (χ0v) is 52.9. The van der Waals surface area contributed by atoms with E-state index in [1.165, 1.54) is 161 Å². The smallest absolute Gasteiger partial charge is 0.306 e. The van der Waals surface area contributed by atoms with Gasteiger partial charge >= 0.3 is 5.97 Å². The van der Waals surface area contributed by atoms with E-state index in [1.807, 2.05) is 6.08 Å². The van der Waals surface area contributed by atoms with Crippen LogP contribution in [0.5, 0.6) is 0 Å². The third-order valence-corrected chi connectivity index (χ3v) is 15.9. The molecule has 0 saturated carbocycles. The van der Waals surface area contributed by atoms with Gasteiger partial charge in [-0.25, -0.2) is 0 Å². The van der Waals surface area contributed by atoms with Crippen LogP contribution in [0, 0.1) is 0 Å².